The van der Waals surface area contributed by atoms with Gasteiger partial charge in [-0.2, -0.15) is 0 Å². The number of hydrogen-bond donors (Lipinski definition) is 1. The normalized spacial score (nSPS) is 17.7. The SMILES string of the molecule is O=C(Nc1ccc(N2CCCn3c(nc4ccccc43)C2)cc1)C1CCCCC1. The fourth-order valence-corrected chi connectivity index (χ4v) is 4.75. The number of nitrogens with zero attached hydrogens (tertiary/aromatic N) is 3. The first kappa shape index (κ1) is 18.2. The first-order chi connectivity index (χ1) is 14.3. The average molecular weight is 389 g/mol. The maximum Gasteiger partial charge on any atom is 0.227 e. The number of para-hydroxylation sites is 2. The van der Waals surface area contributed by atoms with Gasteiger partial charge in [0, 0.05) is 30.4 Å². The minimum absolute atomic E-state index is 0.181. The van der Waals surface area contributed by atoms with Crippen LogP contribution in [-0.4, -0.2) is 22.0 Å². The van der Waals surface area contributed by atoms with E-state index in [4.69, 9.17) is 4.98 Å². The van der Waals surface area contributed by atoms with E-state index in [2.05, 4.69) is 45.1 Å². The molecular weight excluding hydrogens is 360 g/mol. The number of benzene rings is 2. The molecule has 2 aliphatic rings. The molecule has 0 saturated heterocycles. The molecule has 1 saturated carbocycles. The lowest BCUT2D eigenvalue weighted by molar-refractivity contribution is -0.120. The lowest BCUT2D eigenvalue weighted by Gasteiger charge is -2.23. The maximum atomic E-state index is 12.5. The molecule has 5 rings (SSSR count). The number of aromatic nitrogens is 2. The third-order valence-electron chi connectivity index (χ3n) is 6.35. The number of aryl methyl sites for hydroxylation is 1. The van der Waals surface area contributed by atoms with Gasteiger partial charge in [0.15, 0.2) is 0 Å². The molecule has 0 atom stereocenters. The van der Waals surface area contributed by atoms with Crippen molar-refractivity contribution >= 4 is 28.3 Å². The van der Waals surface area contributed by atoms with Crippen molar-refractivity contribution in [3.8, 4) is 0 Å². The van der Waals surface area contributed by atoms with Crippen LogP contribution in [0.4, 0.5) is 11.4 Å². The molecule has 0 radical (unpaired) electrons. The van der Waals surface area contributed by atoms with Gasteiger partial charge in [0.2, 0.25) is 5.91 Å². The second kappa shape index (κ2) is 7.90. The van der Waals surface area contributed by atoms with Gasteiger partial charge in [0.25, 0.3) is 0 Å². The zero-order valence-electron chi connectivity index (χ0n) is 16.8. The summed E-state index contributed by atoms with van der Waals surface area (Å²) < 4.78 is 2.36. The van der Waals surface area contributed by atoms with Gasteiger partial charge >= 0.3 is 0 Å². The number of carbonyl (C=O) groups excluding carboxylic acids is 1. The summed E-state index contributed by atoms with van der Waals surface area (Å²) in [6.07, 6.45) is 6.76. The van der Waals surface area contributed by atoms with E-state index >= 15 is 0 Å². The van der Waals surface area contributed by atoms with Crippen LogP contribution in [0.25, 0.3) is 11.0 Å². The van der Waals surface area contributed by atoms with Gasteiger partial charge in [0.1, 0.15) is 5.82 Å². The van der Waals surface area contributed by atoms with E-state index in [1.165, 1.54) is 30.5 Å². The van der Waals surface area contributed by atoms with Crippen molar-refractivity contribution < 1.29 is 4.79 Å². The topological polar surface area (TPSA) is 50.2 Å². The molecule has 0 bridgehead atoms. The molecule has 1 aromatic heterocycles. The average Bonchev–Trinajstić information content (AvgIpc) is 2.97. The van der Waals surface area contributed by atoms with Crippen LogP contribution >= 0.6 is 0 Å². The second-order valence-electron chi connectivity index (χ2n) is 8.31. The van der Waals surface area contributed by atoms with Gasteiger partial charge in [-0.3, -0.25) is 4.79 Å². The first-order valence-electron chi connectivity index (χ1n) is 10.9. The van der Waals surface area contributed by atoms with Crippen LogP contribution in [0.2, 0.25) is 0 Å². The molecule has 5 heteroatoms. The molecule has 1 fully saturated rings. The Bertz CT molecular complexity index is 1000. The summed E-state index contributed by atoms with van der Waals surface area (Å²) in [5.41, 5.74) is 4.38. The van der Waals surface area contributed by atoms with Crippen molar-refractivity contribution in [2.45, 2.75) is 51.6 Å². The van der Waals surface area contributed by atoms with Gasteiger partial charge in [-0.25, -0.2) is 4.98 Å². The summed E-state index contributed by atoms with van der Waals surface area (Å²) in [4.78, 5) is 19.7. The van der Waals surface area contributed by atoms with Crippen LogP contribution in [0.15, 0.2) is 48.5 Å². The summed E-state index contributed by atoms with van der Waals surface area (Å²) in [6.45, 7) is 2.82. The molecule has 1 aliphatic carbocycles. The largest absolute Gasteiger partial charge is 0.364 e. The van der Waals surface area contributed by atoms with Gasteiger partial charge in [-0.05, 0) is 55.7 Å². The fourth-order valence-electron chi connectivity index (χ4n) is 4.75. The van der Waals surface area contributed by atoms with Crippen molar-refractivity contribution in [3.05, 3.63) is 54.4 Å². The van der Waals surface area contributed by atoms with Crippen LogP contribution in [0, 0.1) is 5.92 Å². The van der Waals surface area contributed by atoms with E-state index in [0.29, 0.717) is 0 Å². The summed E-state index contributed by atoms with van der Waals surface area (Å²) in [5, 5.41) is 3.11. The number of imidazole rings is 1. The second-order valence-corrected chi connectivity index (χ2v) is 8.31. The summed E-state index contributed by atoms with van der Waals surface area (Å²) in [7, 11) is 0. The standard InChI is InChI=1S/C24H28N4O/c29-24(18-7-2-1-3-8-18)25-19-11-13-20(14-12-19)27-15-6-16-28-22-10-5-4-9-21(22)26-23(28)17-27/h4-5,9-14,18H,1-3,6-8,15-17H2,(H,25,29). The Balaban J connectivity index is 1.30. The lowest BCUT2D eigenvalue weighted by Crippen LogP contribution is -2.25. The summed E-state index contributed by atoms with van der Waals surface area (Å²) in [6, 6.07) is 16.7. The highest BCUT2D eigenvalue weighted by atomic mass is 16.1. The van der Waals surface area contributed by atoms with Crippen LogP contribution < -0.4 is 10.2 Å². The minimum atomic E-state index is 0.181. The molecular formula is C24H28N4O. The van der Waals surface area contributed by atoms with Crippen molar-refractivity contribution in [2.75, 3.05) is 16.8 Å². The van der Waals surface area contributed by atoms with E-state index in [-0.39, 0.29) is 11.8 Å². The van der Waals surface area contributed by atoms with Crippen molar-refractivity contribution in [1.29, 1.82) is 0 Å². The Morgan fingerprint density at radius 1 is 0.931 bits per heavy atom. The van der Waals surface area contributed by atoms with Crippen LogP contribution in [0.3, 0.4) is 0 Å². The molecule has 3 aromatic rings. The highest BCUT2D eigenvalue weighted by molar-refractivity contribution is 5.92. The number of fused-ring (bicyclic) bond motifs is 3. The Morgan fingerprint density at radius 2 is 1.72 bits per heavy atom. The third kappa shape index (κ3) is 3.74. The van der Waals surface area contributed by atoms with Gasteiger partial charge in [-0.15, -0.1) is 0 Å². The number of nitrogens with one attached hydrogen (secondary N) is 1. The molecule has 150 valence electrons. The Hall–Kier alpha value is -2.82. The highest BCUT2D eigenvalue weighted by Crippen LogP contribution is 2.27. The Labute approximate surface area is 171 Å². The summed E-state index contributed by atoms with van der Waals surface area (Å²) in [5.74, 6) is 1.49. The third-order valence-corrected chi connectivity index (χ3v) is 6.35. The van der Waals surface area contributed by atoms with E-state index in [1.54, 1.807) is 0 Å². The van der Waals surface area contributed by atoms with Crippen molar-refractivity contribution in [2.24, 2.45) is 5.92 Å². The van der Waals surface area contributed by atoms with E-state index in [1.807, 2.05) is 18.2 Å². The van der Waals surface area contributed by atoms with Crippen molar-refractivity contribution in [1.82, 2.24) is 9.55 Å². The van der Waals surface area contributed by atoms with E-state index in [9.17, 15) is 4.79 Å². The zero-order chi connectivity index (χ0) is 19.6. The number of rotatable bonds is 3. The molecule has 2 aromatic carbocycles. The predicted molar refractivity (Wildman–Crippen MR) is 117 cm³/mol. The fraction of sp³-hybridized carbons (Fsp3) is 0.417. The number of anilines is 2. The lowest BCUT2D eigenvalue weighted by atomic mass is 9.88. The molecule has 5 nitrogen and oxygen atoms in total. The van der Waals surface area contributed by atoms with E-state index in [0.717, 1.165) is 55.9 Å². The molecule has 1 amide bonds. The maximum absolute atomic E-state index is 12.5. The number of hydrogen-bond acceptors (Lipinski definition) is 3. The molecule has 2 heterocycles. The summed E-state index contributed by atoms with van der Waals surface area (Å²) >= 11 is 0. The molecule has 0 unspecified atom stereocenters. The van der Waals surface area contributed by atoms with Crippen molar-refractivity contribution in [3.63, 3.8) is 0 Å². The molecule has 0 spiro atoms. The van der Waals surface area contributed by atoms with Crippen LogP contribution in [-0.2, 0) is 17.9 Å². The van der Waals surface area contributed by atoms with Crippen LogP contribution in [0.1, 0.15) is 44.3 Å². The van der Waals surface area contributed by atoms with E-state index < -0.39 is 0 Å². The monoisotopic (exact) mass is 388 g/mol. The Morgan fingerprint density at radius 3 is 2.55 bits per heavy atom. The van der Waals surface area contributed by atoms with Gasteiger partial charge < -0.3 is 14.8 Å². The molecule has 1 aliphatic heterocycles. The number of carbonyl (C=O) groups is 1. The predicted octanol–water partition coefficient (Wildman–Crippen LogP) is 4.97. The minimum Gasteiger partial charge on any atom is -0.364 e. The van der Waals surface area contributed by atoms with Gasteiger partial charge in [-0.1, -0.05) is 31.4 Å². The zero-order valence-corrected chi connectivity index (χ0v) is 16.8. The quantitative estimate of drug-likeness (QED) is 0.689. The highest BCUT2D eigenvalue weighted by Gasteiger charge is 2.21. The molecule has 1 N–H and O–H groups in total. The molecule has 29 heavy (non-hydrogen) atoms. The van der Waals surface area contributed by atoms with Gasteiger partial charge in [0.05, 0.1) is 17.6 Å². The smallest absolute Gasteiger partial charge is 0.227 e. The number of amides is 1. The first-order valence-corrected chi connectivity index (χ1v) is 10.9. The Kier molecular flexibility index (Phi) is 4.96. The van der Waals surface area contributed by atoms with Crippen LogP contribution in [0.5, 0.6) is 0 Å².